The van der Waals surface area contributed by atoms with Crippen molar-refractivity contribution in [1.29, 1.82) is 0 Å². The number of carbonyl (C=O) groups is 2. The molecule has 0 spiro atoms. The van der Waals surface area contributed by atoms with E-state index in [9.17, 15) is 18.0 Å². The summed E-state index contributed by atoms with van der Waals surface area (Å²) in [5.41, 5.74) is 0.808. The highest BCUT2D eigenvalue weighted by atomic mass is 32.2. The summed E-state index contributed by atoms with van der Waals surface area (Å²) in [6.07, 6.45) is 0. The number of carbonyl (C=O) groups excluding carboxylic acids is 2. The number of likely N-dealkylation sites (N-methyl/N-ethyl adjacent to an activating group) is 1. The Morgan fingerprint density at radius 3 is 2.42 bits per heavy atom. The molecule has 0 saturated carbocycles. The van der Waals surface area contributed by atoms with Gasteiger partial charge in [-0.1, -0.05) is 6.07 Å². The molecule has 0 saturated heterocycles. The molecule has 0 fully saturated rings. The van der Waals surface area contributed by atoms with Crippen molar-refractivity contribution in [1.82, 2.24) is 4.31 Å². The number of ether oxygens (including phenoxy) is 1. The highest BCUT2D eigenvalue weighted by molar-refractivity contribution is 7.91. The molecule has 1 N–H and O–H groups in total. The van der Waals surface area contributed by atoms with E-state index in [0.29, 0.717) is 11.3 Å². The molecular formula is C15H16N2O5S2. The smallest absolute Gasteiger partial charge is 0.337 e. The number of amides is 1. The van der Waals surface area contributed by atoms with Crippen LogP contribution < -0.4 is 5.32 Å². The van der Waals surface area contributed by atoms with Crippen LogP contribution in [0.2, 0.25) is 0 Å². The Balaban J connectivity index is 1.99. The van der Waals surface area contributed by atoms with E-state index >= 15 is 0 Å². The van der Waals surface area contributed by atoms with Gasteiger partial charge in [0.2, 0.25) is 5.91 Å². The van der Waals surface area contributed by atoms with Crippen molar-refractivity contribution >= 4 is 38.9 Å². The molecule has 1 aromatic heterocycles. The highest BCUT2D eigenvalue weighted by Crippen LogP contribution is 2.19. The summed E-state index contributed by atoms with van der Waals surface area (Å²) in [4.78, 5) is 23.3. The normalized spacial score (nSPS) is 11.3. The Kier molecular flexibility index (Phi) is 5.71. The molecule has 0 aliphatic heterocycles. The van der Waals surface area contributed by atoms with Crippen LogP contribution in [0, 0.1) is 0 Å². The van der Waals surface area contributed by atoms with Crippen molar-refractivity contribution in [2.45, 2.75) is 4.21 Å². The second-order valence-electron chi connectivity index (χ2n) is 4.81. The number of nitrogens with one attached hydrogen (secondary N) is 1. The number of thiophene rings is 1. The number of rotatable bonds is 6. The number of nitrogens with zero attached hydrogens (tertiary/aromatic N) is 1. The third kappa shape index (κ3) is 4.19. The fourth-order valence-electron chi connectivity index (χ4n) is 1.86. The van der Waals surface area contributed by atoms with E-state index in [-0.39, 0.29) is 10.8 Å². The maximum Gasteiger partial charge on any atom is 0.337 e. The Morgan fingerprint density at radius 1 is 1.21 bits per heavy atom. The second kappa shape index (κ2) is 7.56. The van der Waals surface area contributed by atoms with E-state index in [0.717, 1.165) is 15.6 Å². The number of esters is 1. The summed E-state index contributed by atoms with van der Waals surface area (Å²) in [5.74, 6) is -0.960. The molecule has 0 unspecified atom stereocenters. The molecule has 0 aliphatic rings. The van der Waals surface area contributed by atoms with Crippen LogP contribution in [0.1, 0.15) is 10.4 Å². The van der Waals surface area contributed by atoms with Crippen molar-refractivity contribution in [3.8, 4) is 0 Å². The van der Waals surface area contributed by atoms with Gasteiger partial charge in [0, 0.05) is 12.7 Å². The van der Waals surface area contributed by atoms with Crippen LogP contribution in [0.4, 0.5) is 5.69 Å². The van der Waals surface area contributed by atoms with Crippen LogP contribution in [0.15, 0.2) is 46.0 Å². The lowest BCUT2D eigenvalue weighted by atomic mass is 10.2. The molecule has 2 rings (SSSR count). The zero-order valence-corrected chi connectivity index (χ0v) is 14.7. The molecule has 7 nitrogen and oxygen atoms in total. The van der Waals surface area contributed by atoms with Crippen molar-refractivity contribution in [2.75, 3.05) is 26.0 Å². The number of hydrogen-bond donors (Lipinski definition) is 1. The van der Waals surface area contributed by atoms with Gasteiger partial charge in [0.15, 0.2) is 0 Å². The molecule has 24 heavy (non-hydrogen) atoms. The monoisotopic (exact) mass is 368 g/mol. The predicted octanol–water partition coefficient (Wildman–Crippen LogP) is 1.79. The van der Waals surface area contributed by atoms with Gasteiger partial charge in [0.05, 0.1) is 19.2 Å². The molecule has 0 radical (unpaired) electrons. The summed E-state index contributed by atoms with van der Waals surface area (Å²) >= 11 is 1.09. The Bertz CT molecular complexity index is 814. The van der Waals surface area contributed by atoms with Crippen LogP contribution in [0.25, 0.3) is 0 Å². The van der Waals surface area contributed by atoms with Crippen LogP contribution in [0.3, 0.4) is 0 Å². The van der Waals surface area contributed by atoms with Gasteiger partial charge in [-0.15, -0.1) is 11.3 Å². The third-order valence-corrected chi connectivity index (χ3v) is 6.29. The van der Waals surface area contributed by atoms with E-state index in [4.69, 9.17) is 0 Å². The third-order valence-electron chi connectivity index (χ3n) is 3.12. The first-order valence-electron chi connectivity index (χ1n) is 6.82. The second-order valence-corrected chi connectivity index (χ2v) is 8.03. The lowest BCUT2D eigenvalue weighted by molar-refractivity contribution is -0.116. The minimum absolute atomic E-state index is 0.181. The van der Waals surface area contributed by atoms with Gasteiger partial charge >= 0.3 is 5.97 Å². The first kappa shape index (κ1) is 18.1. The summed E-state index contributed by atoms with van der Waals surface area (Å²) in [6, 6.07) is 9.21. The van der Waals surface area contributed by atoms with Gasteiger partial charge in [-0.25, -0.2) is 13.2 Å². The quantitative estimate of drug-likeness (QED) is 0.785. The van der Waals surface area contributed by atoms with Gasteiger partial charge in [0.25, 0.3) is 10.0 Å². The number of hydrogen-bond acceptors (Lipinski definition) is 6. The molecule has 9 heteroatoms. The molecule has 1 amide bonds. The van der Waals surface area contributed by atoms with Crippen molar-refractivity contribution in [2.24, 2.45) is 0 Å². The average Bonchev–Trinajstić information content (AvgIpc) is 3.10. The predicted molar refractivity (Wildman–Crippen MR) is 90.5 cm³/mol. The number of sulfonamides is 1. The van der Waals surface area contributed by atoms with Gasteiger partial charge < -0.3 is 10.1 Å². The van der Waals surface area contributed by atoms with Crippen molar-refractivity contribution in [3.05, 3.63) is 47.3 Å². The summed E-state index contributed by atoms with van der Waals surface area (Å²) in [7, 11) is -1.05. The van der Waals surface area contributed by atoms with E-state index in [1.165, 1.54) is 44.5 Å². The summed E-state index contributed by atoms with van der Waals surface area (Å²) in [6.45, 7) is -0.320. The average molecular weight is 368 g/mol. The maximum atomic E-state index is 12.2. The van der Waals surface area contributed by atoms with E-state index in [1.54, 1.807) is 11.4 Å². The first-order valence-corrected chi connectivity index (χ1v) is 9.14. The lowest BCUT2D eigenvalue weighted by Gasteiger charge is -2.15. The van der Waals surface area contributed by atoms with Gasteiger partial charge in [0.1, 0.15) is 4.21 Å². The lowest BCUT2D eigenvalue weighted by Crippen LogP contribution is -2.34. The number of anilines is 1. The number of methoxy groups -OCH3 is 1. The molecule has 1 aromatic carbocycles. The Labute approximate surface area is 143 Å². The SMILES string of the molecule is COC(=O)c1ccc(NC(=O)CN(C)S(=O)(=O)c2cccs2)cc1. The molecular weight excluding hydrogens is 352 g/mol. The molecule has 0 bridgehead atoms. The van der Waals surface area contributed by atoms with Gasteiger partial charge in [-0.2, -0.15) is 4.31 Å². The fraction of sp³-hybridized carbons (Fsp3) is 0.200. The molecule has 0 aliphatic carbocycles. The van der Waals surface area contributed by atoms with Crippen molar-refractivity contribution < 1.29 is 22.7 Å². The largest absolute Gasteiger partial charge is 0.465 e. The topological polar surface area (TPSA) is 92.8 Å². The first-order chi connectivity index (χ1) is 11.3. The maximum absolute atomic E-state index is 12.2. The molecule has 1 heterocycles. The summed E-state index contributed by atoms with van der Waals surface area (Å²) < 4.78 is 30.2. The minimum Gasteiger partial charge on any atom is -0.465 e. The molecule has 2 aromatic rings. The molecule has 128 valence electrons. The summed E-state index contributed by atoms with van der Waals surface area (Å²) in [5, 5.41) is 4.24. The Morgan fingerprint density at radius 2 is 1.88 bits per heavy atom. The van der Waals surface area contributed by atoms with Gasteiger partial charge in [-0.3, -0.25) is 4.79 Å². The molecule has 0 atom stereocenters. The van der Waals surface area contributed by atoms with E-state index in [1.807, 2.05) is 0 Å². The van der Waals surface area contributed by atoms with E-state index < -0.39 is 21.9 Å². The van der Waals surface area contributed by atoms with Crippen LogP contribution in [-0.4, -0.2) is 45.3 Å². The highest BCUT2D eigenvalue weighted by Gasteiger charge is 2.23. The van der Waals surface area contributed by atoms with Crippen LogP contribution >= 0.6 is 11.3 Å². The van der Waals surface area contributed by atoms with Crippen LogP contribution in [-0.2, 0) is 19.6 Å². The standard InChI is InChI=1S/C15H16N2O5S2/c1-17(24(20,21)14-4-3-9-23-14)10-13(18)16-12-7-5-11(6-8-12)15(19)22-2/h3-9H,10H2,1-2H3,(H,16,18). The van der Waals surface area contributed by atoms with Gasteiger partial charge in [-0.05, 0) is 35.7 Å². The van der Waals surface area contributed by atoms with Crippen LogP contribution in [0.5, 0.6) is 0 Å². The zero-order chi connectivity index (χ0) is 17.7. The Hall–Kier alpha value is -2.23. The zero-order valence-electron chi connectivity index (χ0n) is 13.1. The van der Waals surface area contributed by atoms with E-state index in [2.05, 4.69) is 10.1 Å². The minimum atomic E-state index is -3.67. The number of benzene rings is 1. The fourth-order valence-corrected chi connectivity index (χ4v) is 4.19. The van der Waals surface area contributed by atoms with Crippen molar-refractivity contribution in [3.63, 3.8) is 0 Å².